The summed E-state index contributed by atoms with van der Waals surface area (Å²) in [7, 11) is -1.29. The molecule has 1 aliphatic rings. The number of likely N-dealkylation sites (tertiary alicyclic amines) is 1. The number of sulfonamides is 1. The Morgan fingerprint density at radius 3 is 2.11 bits per heavy atom. The van der Waals surface area contributed by atoms with Crippen LogP contribution in [-0.4, -0.2) is 68.7 Å². The maximum atomic E-state index is 14.1. The van der Waals surface area contributed by atoms with Crippen LogP contribution in [0, 0.1) is 23.3 Å². The van der Waals surface area contributed by atoms with E-state index in [4.69, 9.17) is 0 Å². The van der Waals surface area contributed by atoms with Crippen molar-refractivity contribution in [2.24, 2.45) is 7.05 Å². The zero-order chi connectivity index (χ0) is 27.9. The van der Waals surface area contributed by atoms with Crippen molar-refractivity contribution in [3.63, 3.8) is 0 Å². The number of nitrogens with zero attached hydrogens (tertiary/aromatic N) is 2. The van der Waals surface area contributed by atoms with Gasteiger partial charge < -0.3 is 20.1 Å². The van der Waals surface area contributed by atoms with E-state index >= 15 is 0 Å². The van der Waals surface area contributed by atoms with Crippen molar-refractivity contribution in [2.45, 2.75) is 30.7 Å². The first-order valence-corrected chi connectivity index (χ1v) is 12.6. The number of nitrogens with one attached hydrogen (secondary N) is 3. The second-order valence-corrected chi connectivity index (χ2v) is 9.65. The molecule has 0 unspecified atom stereocenters. The molecule has 0 saturated carbocycles. The average molecular weight is 550 g/mol. The summed E-state index contributed by atoms with van der Waals surface area (Å²) < 4.78 is 79.4. The number of aldehydes is 1. The van der Waals surface area contributed by atoms with Crippen molar-refractivity contribution in [1.82, 2.24) is 19.5 Å². The van der Waals surface area contributed by atoms with Crippen molar-refractivity contribution < 1.29 is 40.4 Å². The number of rotatable bonds is 6. The first-order chi connectivity index (χ1) is 17.4. The number of piperidine rings is 1. The molecule has 0 spiro atoms. The standard InChI is InChI=1S/C15H21FN4O5S.C7H6F3N/c1-3-17-14(22)15(23)20-6-4-10(5-7-20)18-26(24,25)12-8-19(2)11(9-21)13(12)16;1-11-4-2-5(8)7(10)6(9)3-4/h8-10,18H,3-7H2,1-2H3,(H,17,22);2-3,11H,1H3. The van der Waals surface area contributed by atoms with Crippen molar-refractivity contribution in [3.05, 3.63) is 47.3 Å². The van der Waals surface area contributed by atoms with Gasteiger partial charge >= 0.3 is 11.8 Å². The number of anilines is 1. The Morgan fingerprint density at radius 1 is 1.08 bits per heavy atom. The van der Waals surface area contributed by atoms with Gasteiger partial charge in [-0.2, -0.15) is 0 Å². The van der Waals surface area contributed by atoms with Gasteiger partial charge in [0.05, 0.1) is 0 Å². The summed E-state index contributed by atoms with van der Waals surface area (Å²) in [6, 6.07) is 1.27. The van der Waals surface area contributed by atoms with Gasteiger partial charge in [0.25, 0.3) is 0 Å². The Hall–Kier alpha value is -3.46. The molecule has 15 heteroatoms. The lowest BCUT2D eigenvalue weighted by atomic mass is 10.1. The molecular formula is C22H27F4N5O5S. The summed E-state index contributed by atoms with van der Waals surface area (Å²) in [5.74, 6) is -6.26. The fraction of sp³-hybridized carbons (Fsp3) is 0.409. The number of aromatic nitrogens is 1. The van der Waals surface area contributed by atoms with Gasteiger partial charge in [0.1, 0.15) is 10.6 Å². The van der Waals surface area contributed by atoms with Crippen molar-refractivity contribution in [1.29, 1.82) is 0 Å². The molecule has 1 aliphatic heterocycles. The number of carbonyl (C=O) groups excluding carboxylic acids is 3. The monoisotopic (exact) mass is 549 g/mol. The molecule has 2 heterocycles. The third-order valence-electron chi connectivity index (χ3n) is 5.44. The zero-order valence-electron chi connectivity index (χ0n) is 20.3. The van der Waals surface area contributed by atoms with Gasteiger partial charge in [-0.1, -0.05) is 0 Å². The van der Waals surface area contributed by atoms with Gasteiger partial charge in [0, 0.05) is 63.8 Å². The van der Waals surface area contributed by atoms with Gasteiger partial charge in [-0.05, 0) is 19.8 Å². The maximum Gasteiger partial charge on any atom is 0.311 e. The lowest BCUT2D eigenvalue weighted by Gasteiger charge is -2.31. The zero-order valence-corrected chi connectivity index (χ0v) is 21.1. The van der Waals surface area contributed by atoms with E-state index in [-0.39, 0.29) is 30.8 Å². The number of aryl methyl sites for hydroxylation is 1. The Balaban J connectivity index is 0.000000364. The third-order valence-corrected chi connectivity index (χ3v) is 6.95. The molecule has 1 saturated heterocycles. The molecule has 1 aromatic heterocycles. The Morgan fingerprint density at radius 2 is 1.65 bits per heavy atom. The number of halogens is 4. The van der Waals surface area contributed by atoms with Crippen LogP contribution in [0.5, 0.6) is 0 Å². The molecule has 2 amide bonds. The number of hydrogen-bond donors (Lipinski definition) is 3. The summed E-state index contributed by atoms with van der Waals surface area (Å²) >= 11 is 0. The summed E-state index contributed by atoms with van der Waals surface area (Å²) in [5, 5.41) is 4.91. The van der Waals surface area contributed by atoms with Crippen LogP contribution < -0.4 is 15.4 Å². The molecule has 3 N–H and O–H groups in total. The minimum absolute atomic E-state index is 0.208. The first kappa shape index (κ1) is 29.8. The molecule has 0 radical (unpaired) electrons. The van der Waals surface area contributed by atoms with E-state index < -0.39 is 56.0 Å². The second kappa shape index (κ2) is 12.7. The third kappa shape index (κ3) is 7.29. The molecular weight excluding hydrogens is 522 g/mol. The molecule has 3 rings (SSSR count). The van der Waals surface area contributed by atoms with E-state index in [0.29, 0.717) is 19.4 Å². The highest BCUT2D eigenvalue weighted by molar-refractivity contribution is 7.89. The van der Waals surface area contributed by atoms with Crippen LogP contribution in [0.15, 0.2) is 23.2 Å². The normalized spacial score (nSPS) is 14.0. The quantitative estimate of drug-likeness (QED) is 0.217. The number of amides is 2. The Kier molecular flexibility index (Phi) is 10.2. The largest absolute Gasteiger partial charge is 0.388 e. The Labute approximate surface area is 211 Å². The molecule has 0 aliphatic carbocycles. The number of hydrogen-bond acceptors (Lipinski definition) is 6. The highest BCUT2D eigenvalue weighted by Gasteiger charge is 2.31. The van der Waals surface area contributed by atoms with Crippen LogP contribution in [0.4, 0.5) is 23.2 Å². The van der Waals surface area contributed by atoms with Crippen molar-refractivity contribution >= 4 is 33.8 Å². The fourth-order valence-corrected chi connectivity index (χ4v) is 4.91. The van der Waals surface area contributed by atoms with E-state index in [1.165, 1.54) is 19.0 Å². The van der Waals surface area contributed by atoms with Crippen LogP contribution in [0.25, 0.3) is 0 Å². The topological polar surface area (TPSA) is 130 Å². The fourth-order valence-electron chi connectivity index (χ4n) is 3.47. The molecule has 37 heavy (non-hydrogen) atoms. The molecule has 1 fully saturated rings. The smallest absolute Gasteiger partial charge is 0.311 e. The van der Waals surface area contributed by atoms with Crippen molar-refractivity contribution in [2.75, 3.05) is 32.0 Å². The van der Waals surface area contributed by atoms with Gasteiger partial charge in [-0.25, -0.2) is 30.7 Å². The molecule has 10 nitrogen and oxygen atoms in total. The van der Waals surface area contributed by atoms with Crippen LogP contribution in [0.2, 0.25) is 0 Å². The molecule has 204 valence electrons. The number of likely N-dealkylation sites (N-methyl/N-ethyl adjacent to an activating group) is 1. The predicted molar refractivity (Wildman–Crippen MR) is 125 cm³/mol. The lowest BCUT2D eigenvalue weighted by Crippen LogP contribution is -2.50. The molecule has 2 aromatic rings. The highest BCUT2D eigenvalue weighted by Crippen LogP contribution is 2.21. The molecule has 0 atom stereocenters. The van der Waals surface area contributed by atoms with Gasteiger partial charge in [0.15, 0.2) is 29.6 Å². The molecule has 0 bridgehead atoms. The average Bonchev–Trinajstić information content (AvgIpc) is 3.16. The van der Waals surface area contributed by atoms with E-state index in [1.54, 1.807) is 6.92 Å². The summed E-state index contributed by atoms with van der Waals surface area (Å²) in [5.41, 5.74) is -0.144. The van der Waals surface area contributed by atoms with E-state index in [0.717, 1.165) is 22.9 Å². The van der Waals surface area contributed by atoms with Crippen LogP contribution in [-0.2, 0) is 26.7 Å². The van der Waals surface area contributed by atoms with Gasteiger partial charge in [-0.15, -0.1) is 0 Å². The van der Waals surface area contributed by atoms with Crippen molar-refractivity contribution in [3.8, 4) is 0 Å². The minimum Gasteiger partial charge on any atom is -0.388 e. The Bertz CT molecular complexity index is 1240. The van der Waals surface area contributed by atoms with Crippen LogP contribution in [0.1, 0.15) is 30.3 Å². The number of carbonyl (C=O) groups is 3. The lowest BCUT2D eigenvalue weighted by molar-refractivity contribution is -0.146. The minimum atomic E-state index is -4.15. The summed E-state index contributed by atoms with van der Waals surface area (Å²) in [6.45, 7) is 2.46. The SMILES string of the molecule is CCNC(=O)C(=O)N1CCC(NS(=O)(=O)c2cn(C)c(C=O)c2F)CC1.CNc1cc(F)c(F)c(F)c1. The summed E-state index contributed by atoms with van der Waals surface area (Å²) in [6.07, 6.45) is 1.87. The summed E-state index contributed by atoms with van der Waals surface area (Å²) in [4.78, 5) is 35.1. The second-order valence-electron chi connectivity index (χ2n) is 7.97. The van der Waals surface area contributed by atoms with Gasteiger partial charge in [0.2, 0.25) is 10.0 Å². The maximum absolute atomic E-state index is 14.1. The van der Waals surface area contributed by atoms with Crippen LogP contribution >= 0.6 is 0 Å². The van der Waals surface area contributed by atoms with Crippen LogP contribution in [0.3, 0.4) is 0 Å². The van der Waals surface area contributed by atoms with E-state index in [2.05, 4.69) is 15.4 Å². The highest BCUT2D eigenvalue weighted by atomic mass is 32.2. The predicted octanol–water partition coefficient (Wildman–Crippen LogP) is 1.53. The van der Waals surface area contributed by atoms with Gasteiger partial charge in [-0.3, -0.25) is 14.4 Å². The van der Waals surface area contributed by atoms with E-state index in [1.807, 2.05) is 0 Å². The number of benzene rings is 1. The molecule has 1 aromatic carbocycles. The van der Waals surface area contributed by atoms with E-state index in [9.17, 15) is 40.4 Å². The first-order valence-electron chi connectivity index (χ1n) is 11.1.